The number of fused-ring (bicyclic) bond motifs is 2. The summed E-state index contributed by atoms with van der Waals surface area (Å²) in [4.78, 5) is 48.9. The standard InChI is InChI=1S/C28H27N3O8/c1-5-37-25(32)14-20-18-8-6-7-9-19(18)21(30-27(34)39-28(2,3)4)15-22(20)29-26(33)24-13-16-12-17(31(35)36)10-11-23(16)38-24/h6-13,15H,5,14H2,1-4H3,(H,29,33)(H,30,34). The minimum absolute atomic E-state index is 0.0950. The van der Waals surface area contributed by atoms with E-state index < -0.39 is 28.5 Å². The quantitative estimate of drug-likeness (QED) is 0.162. The number of esters is 1. The number of carbonyl (C=O) groups excluding carboxylic acids is 3. The summed E-state index contributed by atoms with van der Waals surface area (Å²) in [6.07, 6.45) is -0.842. The molecule has 1 aromatic heterocycles. The highest BCUT2D eigenvalue weighted by Crippen LogP contribution is 2.35. The molecule has 4 aromatic rings. The van der Waals surface area contributed by atoms with Crippen molar-refractivity contribution in [1.82, 2.24) is 0 Å². The van der Waals surface area contributed by atoms with Crippen LogP contribution >= 0.6 is 0 Å². The molecule has 2 N–H and O–H groups in total. The van der Waals surface area contributed by atoms with E-state index in [9.17, 15) is 24.5 Å². The van der Waals surface area contributed by atoms with Crippen LogP contribution in [0.2, 0.25) is 0 Å². The zero-order valence-corrected chi connectivity index (χ0v) is 21.8. The van der Waals surface area contributed by atoms with Crippen molar-refractivity contribution < 1.29 is 33.2 Å². The third-order valence-electron chi connectivity index (χ3n) is 5.60. The number of nitro groups is 1. The number of anilines is 2. The fourth-order valence-corrected chi connectivity index (χ4v) is 4.05. The van der Waals surface area contributed by atoms with Gasteiger partial charge in [0.2, 0.25) is 0 Å². The van der Waals surface area contributed by atoms with Crippen molar-refractivity contribution in [2.45, 2.75) is 39.7 Å². The van der Waals surface area contributed by atoms with E-state index in [4.69, 9.17) is 13.9 Å². The van der Waals surface area contributed by atoms with Crippen LogP contribution in [0.4, 0.5) is 21.9 Å². The smallest absolute Gasteiger partial charge is 0.412 e. The number of nitrogens with zero attached hydrogens (tertiary/aromatic N) is 1. The summed E-state index contributed by atoms with van der Waals surface area (Å²) in [5.74, 6) is -1.25. The van der Waals surface area contributed by atoms with E-state index in [-0.39, 0.29) is 30.2 Å². The van der Waals surface area contributed by atoms with E-state index in [1.807, 2.05) is 0 Å². The molecule has 2 amide bonds. The summed E-state index contributed by atoms with van der Waals surface area (Å²) in [5.41, 5.74) is 0.478. The van der Waals surface area contributed by atoms with Gasteiger partial charge in [0, 0.05) is 28.6 Å². The lowest BCUT2D eigenvalue weighted by Crippen LogP contribution is -2.27. The van der Waals surface area contributed by atoms with Gasteiger partial charge in [-0.2, -0.15) is 0 Å². The Hall–Kier alpha value is -4.93. The number of amides is 2. The molecule has 0 fully saturated rings. The van der Waals surface area contributed by atoms with E-state index >= 15 is 0 Å². The van der Waals surface area contributed by atoms with Crippen LogP contribution in [0.15, 0.2) is 59.0 Å². The minimum atomic E-state index is -0.739. The van der Waals surface area contributed by atoms with Gasteiger partial charge in [0.05, 0.1) is 23.6 Å². The topological polar surface area (TPSA) is 150 Å². The average molecular weight is 534 g/mol. The maximum atomic E-state index is 13.3. The molecule has 0 saturated heterocycles. The van der Waals surface area contributed by atoms with Gasteiger partial charge in [0.25, 0.3) is 11.6 Å². The van der Waals surface area contributed by atoms with Gasteiger partial charge in [-0.3, -0.25) is 25.0 Å². The summed E-state index contributed by atoms with van der Waals surface area (Å²) in [5, 5.41) is 18.2. The van der Waals surface area contributed by atoms with E-state index in [1.165, 1.54) is 30.3 Å². The fraction of sp³-hybridized carbons (Fsp3) is 0.250. The van der Waals surface area contributed by atoms with E-state index in [1.54, 1.807) is 52.0 Å². The number of hydrogen-bond donors (Lipinski definition) is 2. The van der Waals surface area contributed by atoms with Gasteiger partial charge in [0.1, 0.15) is 11.2 Å². The minimum Gasteiger partial charge on any atom is -0.466 e. The number of ether oxygens (including phenoxy) is 2. The highest BCUT2D eigenvalue weighted by Gasteiger charge is 2.22. The first-order valence-electron chi connectivity index (χ1n) is 12.1. The predicted octanol–water partition coefficient (Wildman–Crippen LogP) is 6.20. The Morgan fingerprint density at radius 2 is 1.69 bits per heavy atom. The molecular weight excluding hydrogens is 506 g/mol. The summed E-state index contributed by atoms with van der Waals surface area (Å²) < 4.78 is 16.2. The first-order valence-corrected chi connectivity index (χ1v) is 12.1. The Balaban J connectivity index is 1.77. The van der Waals surface area contributed by atoms with Crippen molar-refractivity contribution in [2.24, 2.45) is 0 Å². The summed E-state index contributed by atoms with van der Waals surface area (Å²) in [6.45, 7) is 7.09. The monoisotopic (exact) mass is 533 g/mol. The Bertz CT molecular complexity index is 1600. The second-order valence-electron chi connectivity index (χ2n) is 9.65. The molecule has 0 atom stereocenters. The molecule has 39 heavy (non-hydrogen) atoms. The Kier molecular flexibility index (Phi) is 7.52. The Morgan fingerprint density at radius 1 is 0.974 bits per heavy atom. The first kappa shape index (κ1) is 27.1. The fourth-order valence-electron chi connectivity index (χ4n) is 4.05. The van der Waals surface area contributed by atoms with Crippen LogP contribution in [0.5, 0.6) is 0 Å². The first-order chi connectivity index (χ1) is 18.4. The molecule has 3 aromatic carbocycles. The largest absolute Gasteiger partial charge is 0.466 e. The molecule has 202 valence electrons. The van der Waals surface area contributed by atoms with Crippen molar-refractivity contribution in [3.05, 3.63) is 76.0 Å². The second-order valence-corrected chi connectivity index (χ2v) is 9.65. The van der Waals surface area contributed by atoms with Crippen LogP contribution in [-0.2, 0) is 20.7 Å². The molecule has 11 heteroatoms. The zero-order valence-electron chi connectivity index (χ0n) is 21.8. The normalized spacial score (nSPS) is 11.3. The highest BCUT2D eigenvalue weighted by molar-refractivity contribution is 6.10. The number of benzene rings is 3. The molecule has 4 rings (SSSR count). The lowest BCUT2D eigenvalue weighted by Gasteiger charge is -2.21. The summed E-state index contributed by atoms with van der Waals surface area (Å²) in [6, 6.07) is 14.0. The van der Waals surface area contributed by atoms with Crippen molar-refractivity contribution in [1.29, 1.82) is 0 Å². The van der Waals surface area contributed by atoms with Crippen LogP contribution < -0.4 is 10.6 Å². The van der Waals surface area contributed by atoms with Gasteiger partial charge in [-0.25, -0.2) is 4.79 Å². The van der Waals surface area contributed by atoms with Crippen LogP contribution in [0.1, 0.15) is 43.8 Å². The average Bonchev–Trinajstić information content (AvgIpc) is 3.29. The maximum Gasteiger partial charge on any atom is 0.412 e. The third kappa shape index (κ3) is 6.32. The highest BCUT2D eigenvalue weighted by atomic mass is 16.6. The Morgan fingerprint density at radius 3 is 2.36 bits per heavy atom. The number of carbonyl (C=O) groups is 3. The number of hydrogen-bond acceptors (Lipinski definition) is 8. The molecule has 0 spiro atoms. The lowest BCUT2D eigenvalue weighted by molar-refractivity contribution is -0.384. The van der Waals surface area contributed by atoms with Gasteiger partial charge in [-0.1, -0.05) is 24.3 Å². The number of non-ortho nitro benzene ring substituents is 1. The van der Waals surface area contributed by atoms with Crippen molar-refractivity contribution in [3.8, 4) is 0 Å². The third-order valence-corrected chi connectivity index (χ3v) is 5.60. The molecule has 11 nitrogen and oxygen atoms in total. The number of nitro benzene ring substituents is 1. The molecule has 0 radical (unpaired) electrons. The molecule has 1 heterocycles. The zero-order chi connectivity index (χ0) is 28.3. The Labute approximate surface area is 223 Å². The molecule has 0 aliphatic rings. The number of furan rings is 1. The van der Waals surface area contributed by atoms with Crippen LogP contribution in [0.25, 0.3) is 21.7 Å². The number of nitrogens with one attached hydrogen (secondary N) is 2. The van der Waals surface area contributed by atoms with Crippen molar-refractivity contribution in [2.75, 3.05) is 17.2 Å². The van der Waals surface area contributed by atoms with Gasteiger partial charge < -0.3 is 19.2 Å². The van der Waals surface area contributed by atoms with Crippen LogP contribution in [0, 0.1) is 10.1 Å². The maximum absolute atomic E-state index is 13.3. The SMILES string of the molecule is CCOC(=O)Cc1c(NC(=O)c2cc3cc([N+](=O)[O-])ccc3o2)cc(NC(=O)OC(C)(C)C)c2ccccc12. The lowest BCUT2D eigenvalue weighted by atomic mass is 9.98. The molecule has 0 aliphatic heterocycles. The number of rotatable bonds is 7. The van der Waals surface area contributed by atoms with Gasteiger partial charge in [-0.15, -0.1) is 0 Å². The van der Waals surface area contributed by atoms with Gasteiger partial charge in [-0.05, 0) is 56.8 Å². The van der Waals surface area contributed by atoms with Crippen LogP contribution in [0.3, 0.4) is 0 Å². The van der Waals surface area contributed by atoms with E-state index in [0.717, 1.165) is 0 Å². The van der Waals surface area contributed by atoms with Crippen LogP contribution in [-0.4, -0.2) is 35.1 Å². The molecule has 0 unspecified atom stereocenters. The molecule has 0 bridgehead atoms. The second kappa shape index (κ2) is 10.8. The van der Waals surface area contributed by atoms with Gasteiger partial charge in [0.15, 0.2) is 5.76 Å². The van der Waals surface area contributed by atoms with Crippen molar-refractivity contribution >= 4 is 56.8 Å². The predicted molar refractivity (Wildman–Crippen MR) is 145 cm³/mol. The molecular formula is C28H27N3O8. The van der Waals surface area contributed by atoms with Gasteiger partial charge >= 0.3 is 12.1 Å². The summed E-state index contributed by atoms with van der Waals surface area (Å²) in [7, 11) is 0. The van der Waals surface area contributed by atoms with E-state index in [2.05, 4.69) is 10.6 Å². The van der Waals surface area contributed by atoms with Crippen molar-refractivity contribution in [3.63, 3.8) is 0 Å². The summed E-state index contributed by atoms with van der Waals surface area (Å²) >= 11 is 0. The molecule has 0 aliphatic carbocycles. The van der Waals surface area contributed by atoms with E-state index in [0.29, 0.717) is 33.0 Å². The molecule has 0 saturated carbocycles.